The first-order valence-electron chi connectivity index (χ1n) is 7.42. The van der Waals surface area contributed by atoms with Crippen LogP contribution in [0.2, 0.25) is 0 Å². The number of fused-ring (bicyclic) bond motifs is 1. The van der Waals surface area contributed by atoms with Crippen molar-refractivity contribution in [1.82, 2.24) is 10.3 Å². The van der Waals surface area contributed by atoms with Gasteiger partial charge in [-0.3, -0.25) is 4.79 Å². The topological polar surface area (TPSA) is 83.6 Å². The van der Waals surface area contributed by atoms with Crippen molar-refractivity contribution in [3.05, 3.63) is 53.7 Å². The van der Waals surface area contributed by atoms with E-state index in [-0.39, 0.29) is 24.0 Å². The van der Waals surface area contributed by atoms with Crippen molar-refractivity contribution in [2.75, 3.05) is 14.2 Å². The molecule has 2 aromatic carbocycles. The standard InChI is InChI=1S/C18H18N2O4/c1-23-16-8-7-15(21)17(24-2)12(16)10-19-18(22)14-9-11-5-3-4-6-13(11)20-14/h3-9,20-21H,10H2,1-2H3,(H,19,22). The second-order valence-corrected chi connectivity index (χ2v) is 5.25. The summed E-state index contributed by atoms with van der Waals surface area (Å²) in [5.74, 6) is 0.555. The van der Waals surface area contributed by atoms with Gasteiger partial charge in [-0.25, -0.2) is 0 Å². The molecule has 1 amide bonds. The third-order valence-corrected chi connectivity index (χ3v) is 3.82. The number of hydrogen-bond acceptors (Lipinski definition) is 4. The lowest BCUT2D eigenvalue weighted by atomic mass is 10.1. The van der Waals surface area contributed by atoms with Crippen LogP contribution in [0.4, 0.5) is 0 Å². The predicted octanol–water partition coefficient (Wildman–Crippen LogP) is 2.82. The highest BCUT2D eigenvalue weighted by Gasteiger charge is 2.16. The van der Waals surface area contributed by atoms with Crippen LogP contribution < -0.4 is 14.8 Å². The molecule has 0 saturated carbocycles. The predicted molar refractivity (Wildman–Crippen MR) is 90.7 cm³/mol. The number of carbonyl (C=O) groups is 1. The Hall–Kier alpha value is -3.15. The van der Waals surface area contributed by atoms with Crippen molar-refractivity contribution in [2.45, 2.75) is 6.54 Å². The zero-order chi connectivity index (χ0) is 17.1. The van der Waals surface area contributed by atoms with Crippen LogP contribution in [0.5, 0.6) is 17.2 Å². The van der Waals surface area contributed by atoms with Gasteiger partial charge in [-0.1, -0.05) is 18.2 Å². The molecule has 1 aromatic heterocycles. The maximum Gasteiger partial charge on any atom is 0.268 e. The van der Waals surface area contributed by atoms with Crippen molar-refractivity contribution in [3.63, 3.8) is 0 Å². The molecule has 6 heteroatoms. The molecule has 0 aliphatic rings. The highest BCUT2D eigenvalue weighted by atomic mass is 16.5. The molecule has 0 aliphatic carbocycles. The van der Waals surface area contributed by atoms with Crippen molar-refractivity contribution in [2.24, 2.45) is 0 Å². The average Bonchev–Trinajstić information content (AvgIpc) is 3.04. The Morgan fingerprint density at radius 2 is 1.96 bits per heavy atom. The molecule has 0 aliphatic heterocycles. The second kappa shape index (κ2) is 6.54. The normalized spacial score (nSPS) is 10.6. The minimum atomic E-state index is -0.251. The molecular weight excluding hydrogens is 308 g/mol. The summed E-state index contributed by atoms with van der Waals surface area (Å²) in [7, 11) is 2.98. The fraction of sp³-hybridized carbons (Fsp3) is 0.167. The van der Waals surface area contributed by atoms with Crippen LogP contribution in [0.15, 0.2) is 42.5 Å². The molecule has 3 rings (SSSR count). The van der Waals surface area contributed by atoms with Crippen LogP contribution in [0.25, 0.3) is 10.9 Å². The van der Waals surface area contributed by atoms with E-state index in [2.05, 4.69) is 10.3 Å². The number of phenols is 1. The number of methoxy groups -OCH3 is 2. The molecule has 0 atom stereocenters. The van der Waals surface area contributed by atoms with Gasteiger partial charge in [-0.15, -0.1) is 0 Å². The van der Waals surface area contributed by atoms with Crippen molar-refractivity contribution >= 4 is 16.8 Å². The first kappa shape index (κ1) is 15.7. The monoisotopic (exact) mass is 326 g/mol. The lowest BCUT2D eigenvalue weighted by Gasteiger charge is -2.14. The molecular formula is C18H18N2O4. The number of H-pyrrole nitrogens is 1. The molecule has 0 radical (unpaired) electrons. The van der Waals surface area contributed by atoms with E-state index in [1.807, 2.05) is 24.3 Å². The Labute approximate surface area is 139 Å². The van der Waals surface area contributed by atoms with E-state index in [0.717, 1.165) is 10.9 Å². The number of rotatable bonds is 5. The SMILES string of the molecule is COc1ccc(O)c(OC)c1CNC(=O)c1cc2ccccc2[nH]1. The van der Waals surface area contributed by atoms with E-state index in [9.17, 15) is 9.90 Å². The van der Waals surface area contributed by atoms with Gasteiger partial charge < -0.3 is 24.9 Å². The first-order chi connectivity index (χ1) is 11.6. The summed E-state index contributed by atoms with van der Waals surface area (Å²) in [5.41, 5.74) is 1.94. The van der Waals surface area contributed by atoms with Gasteiger partial charge in [0, 0.05) is 10.9 Å². The summed E-state index contributed by atoms with van der Waals surface area (Å²) in [4.78, 5) is 15.5. The summed E-state index contributed by atoms with van der Waals surface area (Å²) >= 11 is 0. The Morgan fingerprint density at radius 3 is 2.67 bits per heavy atom. The summed E-state index contributed by atoms with van der Waals surface area (Å²) in [6.45, 7) is 0.162. The van der Waals surface area contributed by atoms with E-state index in [1.54, 1.807) is 12.1 Å². The van der Waals surface area contributed by atoms with Crippen molar-refractivity contribution < 1.29 is 19.4 Å². The van der Waals surface area contributed by atoms with Crippen LogP contribution in [0.3, 0.4) is 0 Å². The highest BCUT2D eigenvalue weighted by Crippen LogP contribution is 2.36. The molecule has 0 unspecified atom stereocenters. The molecule has 6 nitrogen and oxygen atoms in total. The van der Waals surface area contributed by atoms with Crippen molar-refractivity contribution in [3.8, 4) is 17.2 Å². The zero-order valence-corrected chi connectivity index (χ0v) is 13.4. The van der Waals surface area contributed by atoms with E-state index < -0.39 is 0 Å². The zero-order valence-electron chi connectivity index (χ0n) is 13.4. The largest absolute Gasteiger partial charge is 0.504 e. The van der Waals surface area contributed by atoms with Gasteiger partial charge in [0.05, 0.1) is 26.3 Å². The van der Waals surface area contributed by atoms with Crippen LogP contribution in [-0.2, 0) is 6.54 Å². The van der Waals surface area contributed by atoms with Crippen molar-refractivity contribution in [1.29, 1.82) is 0 Å². The summed E-state index contributed by atoms with van der Waals surface area (Å²) in [6.07, 6.45) is 0. The Balaban J connectivity index is 1.82. The Bertz CT molecular complexity index is 853. The number of carbonyl (C=O) groups excluding carboxylic acids is 1. The van der Waals surface area contributed by atoms with Crippen LogP contribution >= 0.6 is 0 Å². The summed E-state index contributed by atoms with van der Waals surface area (Å²) in [5, 5.41) is 13.7. The average molecular weight is 326 g/mol. The molecule has 3 aromatic rings. The summed E-state index contributed by atoms with van der Waals surface area (Å²) in [6, 6.07) is 12.6. The number of hydrogen-bond donors (Lipinski definition) is 3. The molecule has 0 bridgehead atoms. The number of amides is 1. The van der Waals surface area contributed by atoms with E-state index in [4.69, 9.17) is 9.47 Å². The molecule has 0 fully saturated rings. The molecule has 0 saturated heterocycles. The van der Waals surface area contributed by atoms with Gasteiger partial charge in [0.15, 0.2) is 11.5 Å². The number of para-hydroxylation sites is 1. The molecule has 3 N–H and O–H groups in total. The van der Waals surface area contributed by atoms with Crippen LogP contribution in [0, 0.1) is 0 Å². The van der Waals surface area contributed by atoms with E-state index >= 15 is 0 Å². The maximum atomic E-state index is 12.4. The quantitative estimate of drug-likeness (QED) is 0.673. The minimum absolute atomic E-state index is 0.00633. The number of benzene rings is 2. The van der Waals surface area contributed by atoms with Crippen LogP contribution in [-0.4, -0.2) is 30.2 Å². The van der Waals surface area contributed by atoms with Gasteiger partial charge in [0.2, 0.25) is 0 Å². The summed E-state index contributed by atoms with van der Waals surface area (Å²) < 4.78 is 10.5. The second-order valence-electron chi connectivity index (χ2n) is 5.25. The fourth-order valence-electron chi connectivity index (χ4n) is 2.64. The molecule has 0 spiro atoms. The van der Waals surface area contributed by atoms with Gasteiger partial charge in [-0.05, 0) is 24.3 Å². The van der Waals surface area contributed by atoms with Gasteiger partial charge in [-0.2, -0.15) is 0 Å². The number of ether oxygens (including phenoxy) is 2. The Kier molecular flexibility index (Phi) is 4.29. The first-order valence-corrected chi connectivity index (χ1v) is 7.42. The third-order valence-electron chi connectivity index (χ3n) is 3.82. The lowest BCUT2D eigenvalue weighted by molar-refractivity contribution is 0.0946. The number of phenolic OH excluding ortho intramolecular Hbond substituents is 1. The van der Waals surface area contributed by atoms with Crippen LogP contribution in [0.1, 0.15) is 16.1 Å². The number of aromatic hydroxyl groups is 1. The molecule has 1 heterocycles. The fourth-order valence-corrected chi connectivity index (χ4v) is 2.64. The smallest absolute Gasteiger partial charge is 0.268 e. The number of aromatic nitrogens is 1. The maximum absolute atomic E-state index is 12.4. The van der Waals surface area contributed by atoms with E-state index in [0.29, 0.717) is 17.0 Å². The number of nitrogens with one attached hydrogen (secondary N) is 2. The van der Waals surface area contributed by atoms with Gasteiger partial charge >= 0.3 is 0 Å². The Morgan fingerprint density at radius 1 is 1.17 bits per heavy atom. The lowest BCUT2D eigenvalue weighted by Crippen LogP contribution is -2.23. The minimum Gasteiger partial charge on any atom is -0.504 e. The van der Waals surface area contributed by atoms with E-state index in [1.165, 1.54) is 20.3 Å². The third kappa shape index (κ3) is 2.86. The van der Waals surface area contributed by atoms with Gasteiger partial charge in [0.25, 0.3) is 5.91 Å². The molecule has 24 heavy (non-hydrogen) atoms. The number of aromatic amines is 1. The van der Waals surface area contributed by atoms with Gasteiger partial charge in [0.1, 0.15) is 11.4 Å². The highest BCUT2D eigenvalue weighted by molar-refractivity contribution is 5.98. The molecule has 124 valence electrons.